The van der Waals surface area contributed by atoms with Crippen LogP contribution in [-0.2, 0) is 24.9 Å². The summed E-state index contributed by atoms with van der Waals surface area (Å²) in [5, 5.41) is 3.83. The summed E-state index contributed by atoms with van der Waals surface area (Å²) in [6, 6.07) is 12.5. The zero-order valence-corrected chi connectivity index (χ0v) is 19.0. The highest BCUT2D eigenvalue weighted by Gasteiger charge is 2.17. The molecule has 0 spiro atoms. The van der Waals surface area contributed by atoms with Crippen molar-refractivity contribution in [3.05, 3.63) is 74.8 Å². The van der Waals surface area contributed by atoms with Gasteiger partial charge in [-0.15, -0.1) is 0 Å². The molecule has 1 aliphatic heterocycles. The average Bonchev–Trinajstić information content (AvgIpc) is 3.35. The summed E-state index contributed by atoms with van der Waals surface area (Å²) in [5.74, 6) is 1.01. The third-order valence-electron chi connectivity index (χ3n) is 5.41. The first-order valence-corrected chi connectivity index (χ1v) is 10.8. The molecular formula is C23H18Cl2N4O4. The van der Waals surface area contributed by atoms with Crippen molar-refractivity contribution in [1.82, 2.24) is 19.4 Å². The Labute approximate surface area is 198 Å². The van der Waals surface area contributed by atoms with Crippen molar-refractivity contribution in [2.24, 2.45) is 7.05 Å². The fourth-order valence-corrected chi connectivity index (χ4v) is 4.27. The minimum absolute atomic E-state index is 0.157. The molecule has 0 radical (unpaired) electrons. The number of amides is 1. The Kier molecular flexibility index (Phi) is 5.47. The second-order valence-corrected chi connectivity index (χ2v) is 8.49. The first kappa shape index (κ1) is 21.4. The quantitative estimate of drug-likeness (QED) is 0.465. The molecule has 0 saturated heterocycles. The van der Waals surface area contributed by atoms with E-state index in [1.807, 2.05) is 18.2 Å². The second-order valence-electron chi connectivity index (χ2n) is 7.62. The Bertz CT molecular complexity index is 1440. The summed E-state index contributed by atoms with van der Waals surface area (Å²) < 4.78 is 13.5. The monoisotopic (exact) mass is 484 g/mol. The van der Waals surface area contributed by atoms with Crippen LogP contribution in [0.4, 0.5) is 0 Å². The highest BCUT2D eigenvalue weighted by atomic mass is 35.5. The molecule has 1 amide bonds. The smallest absolute Gasteiger partial charge is 0.330 e. The lowest BCUT2D eigenvalue weighted by molar-refractivity contribution is -0.121. The summed E-state index contributed by atoms with van der Waals surface area (Å²) in [6.45, 7) is 0.326. The lowest BCUT2D eigenvalue weighted by Crippen LogP contribution is -2.32. The van der Waals surface area contributed by atoms with Crippen LogP contribution in [0.2, 0.25) is 10.0 Å². The molecule has 0 unspecified atom stereocenters. The van der Waals surface area contributed by atoms with Crippen molar-refractivity contribution in [2.45, 2.75) is 13.1 Å². The second kappa shape index (κ2) is 8.46. The van der Waals surface area contributed by atoms with Crippen molar-refractivity contribution in [3.8, 4) is 22.6 Å². The summed E-state index contributed by atoms with van der Waals surface area (Å²) in [6.07, 6.45) is 1.63. The van der Waals surface area contributed by atoms with Crippen LogP contribution in [0, 0.1) is 0 Å². The molecule has 0 saturated carbocycles. The van der Waals surface area contributed by atoms with Gasteiger partial charge in [-0.25, -0.2) is 9.78 Å². The minimum atomic E-state index is -0.336. The van der Waals surface area contributed by atoms with Gasteiger partial charge in [0.25, 0.3) is 0 Å². The number of nitrogens with zero attached hydrogens (tertiary/aromatic N) is 3. The summed E-state index contributed by atoms with van der Waals surface area (Å²) in [4.78, 5) is 29.9. The third-order valence-corrected chi connectivity index (χ3v) is 5.84. The van der Waals surface area contributed by atoms with E-state index in [4.69, 9.17) is 32.7 Å². The molecule has 0 bridgehead atoms. The molecule has 168 valence electrons. The van der Waals surface area contributed by atoms with Crippen molar-refractivity contribution >= 4 is 40.3 Å². The van der Waals surface area contributed by atoms with Gasteiger partial charge >= 0.3 is 5.69 Å². The highest BCUT2D eigenvalue weighted by Crippen LogP contribution is 2.32. The molecule has 4 aromatic rings. The Balaban J connectivity index is 1.37. The number of rotatable bonds is 5. The number of hydrogen-bond acceptors (Lipinski definition) is 5. The number of carbonyl (C=O) groups is 1. The molecule has 33 heavy (non-hydrogen) atoms. The number of benzene rings is 2. The third kappa shape index (κ3) is 4.15. The number of aryl methyl sites for hydroxylation is 1. The fraction of sp³-hybridized carbons (Fsp3) is 0.174. The van der Waals surface area contributed by atoms with Gasteiger partial charge in [-0.1, -0.05) is 29.3 Å². The van der Waals surface area contributed by atoms with E-state index in [0.717, 1.165) is 16.7 Å². The molecule has 0 aliphatic carbocycles. The van der Waals surface area contributed by atoms with Crippen molar-refractivity contribution in [2.75, 3.05) is 6.79 Å². The molecule has 8 nitrogen and oxygen atoms in total. The molecule has 1 aliphatic rings. The van der Waals surface area contributed by atoms with Gasteiger partial charge in [-0.3, -0.25) is 13.9 Å². The van der Waals surface area contributed by atoms with Crippen LogP contribution >= 0.6 is 23.2 Å². The molecular weight excluding hydrogens is 467 g/mol. The number of carbonyl (C=O) groups excluding carboxylic acids is 1. The Morgan fingerprint density at radius 2 is 1.82 bits per heavy atom. The Hall–Kier alpha value is -3.49. The first-order chi connectivity index (χ1) is 15.9. The highest BCUT2D eigenvalue weighted by molar-refractivity contribution is 6.35. The van der Waals surface area contributed by atoms with E-state index in [2.05, 4.69) is 10.3 Å². The zero-order valence-electron chi connectivity index (χ0n) is 17.5. The van der Waals surface area contributed by atoms with E-state index < -0.39 is 0 Å². The maximum Gasteiger partial charge on any atom is 0.330 e. The van der Waals surface area contributed by atoms with Crippen molar-refractivity contribution < 1.29 is 14.3 Å². The number of nitrogens with one attached hydrogen (secondary N) is 1. The molecule has 2 aromatic heterocycles. The zero-order chi connectivity index (χ0) is 23.1. The molecule has 5 rings (SSSR count). The summed E-state index contributed by atoms with van der Waals surface area (Å²) in [7, 11) is 1.64. The number of halogens is 2. The van der Waals surface area contributed by atoms with E-state index in [1.165, 1.54) is 9.13 Å². The number of pyridine rings is 1. The summed E-state index contributed by atoms with van der Waals surface area (Å²) in [5.41, 5.74) is 3.07. The van der Waals surface area contributed by atoms with Crippen LogP contribution in [0.25, 0.3) is 22.3 Å². The van der Waals surface area contributed by atoms with Crippen LogP contribution in [0.3, 0.4) is 0 Å². The van der Waals surface area contributed by atoms with Crippen LogP contribution in [0.5, 0.6) is 11.5 Å². The van der Waals surface area contributed by atoms with Gasteiger partial charge in [0.05, 0.1) is 5.52 Å². The minimum Gasteiger partial charge on any atom is -0.454 e. The normalized spacial score (nSPS) is 12.3. The predicted octanol–water partition coefficient (Wildman–Crippen LogP) is 3.75. The standard InChI is InChI=1S/C23H18Cl2N4O4/c1-28-18-7-15(14-5-16(24)8-17(25)6-14)10-27-22(18)29(23(28)31)11-21(30)26-9-13-2-3-19-20(4-13)33-12-32-19/h2-8,10H,9,11-12H2,1H3,(H,26,30). The van der Waals surface area contributed by atoms with Gasteiger partial charge in [0, 0.05) is 35.4 Å². The van der Waals surface area contributed by atoms with E-state index in [9.17, 15) is 9.59 Å². The largest absolute Gasteiger partial charge is 0.454 e. The van der Waals surface area contributed by atoms with Gasteiger partial charge in [-0.2, -0.15) is 0 Å². The first-order valence-electron chi connectivity index (χ1n) is 10.1. The number of imidazole rings is 1. The lowest BCUT2D eigenvalue weighted by atomic mass is 10.1. The van der Waals surface area contributed by atoms with Crippen molar-refractivity contribution in [3.63, 3.8) is 0 Å². The number of hydrogen-bond donors (Lipinski definition) is 1. The van der Waals surface area contributed by atoms with Gasteiger partial charge in [0.1, 0.15) is 6.54 Å². The van der Waals surface area contributed by atoms with E-state index >= 15 is 0 Å². The maximum absolute atomic E-state index is 12.8. The molecule has 0 atom stereocenters. The topological polar surface area (TPSA) is 87.4 Å². The van der Waals surface area contributed by atoms with Gasteiger partial charge in [0.15, 0.2) is 17.1 Å². The summed E-state index contributed by atoms with van der Waals surface area (Å²) >= 11 is 12.2. The van der Waals surface area contributed by atoms with E-state index in [0.29, 0.717) is 39.3 Å². The Morgan fingerprint density at radius 3 is 2.61 bits per heavy atom. The SMILES string of the molecule is Cn1c(=O)n(CC(=O)NCc2ccc3c(c2)OCO3)c2ncc(-c3cc(Cl)cc(Cl)c3)cc21. The van der Waals surface area contributed by atoms with E-state index in [-0.39, 0.29) is 24.9 Å². The van der Waals surface area contributed by atoms with Gasteiger partial charge in [0.2, 0.25) is 12.7 Å². The number of aromatic nitrogens is 3. The van der Waals surface area contributed by atoms with Gasteiger partial charge in [-0.05, 0) is 47.5 Å². The molecule has 2 aromatic carbocycles. The predicted molar refractivity (Wildman–Crippen MR) is 125 cm³/mol. The fourth-order valence-electron chi connectivity index (χ4n) is 3.75. The Morgan fingerprint density at radius 1 is 1.06 bits per heavy atom. The molecule has 0 fully saturated rings. The van der Waals surface area contributed by atoms with Crippen molar-refractivity contribution in [1.29, 1.82) is 0 Å². The van der Waals surface area contributed by atoms with Crippen LogP contribution < -0.4 is 20.5 Å². The van der Waals surface area contributed by atoms with Crippen LogP contribution in [0.15, 0.2) is 53.5 Å². The number of ether oxygens (including phenoxy) is 2. The maximum atomic E-state index is 12.8. The van der Waals surface area contributed by atoms with Crippen LogP contribution in [-0.4, -0.2) is 26.8 Å². The molecule has 10 heteroatoms. The van der Waals surface area contributed by atoms with E-state index in [1.54, 1.807) is 37.5 Å². The lowest BCUT2D eigenvalue weighted by Gasteiger charge is -2.07. The van der Waals surface area contributed by atoms with Gasteiger partial charge < -0.3 is 14.8 Å². The average molecular weight is 485 g/mol. The van der Waals surface area contributed by atoms with Crippen LogP contribution in [0.1, 0.15) is 5.56 Å². The number of fused-ring (bicyclic) bond motifs is 2. The molecule has 3 heterocycles. The molecule has 1 N–H and O–H groups in total.